The molecule has 0 radical (unpaired) electrons. The smallest absolute Gasteiger partial charge is 0.289 e. The Bertz CT molecular complexity index is 956. The molecule has 2 aromatic rings. The van der Waals surface area contributed by atoms with E-state index in [9.17, 15) is 9.59 Å². The van der Waals surface area contributed by atoms with Gasteiger partial charge in [-0.1, -0.05) is 13.8 Å². The van der Waals surface area contributed by atoms with Gasteiger partial charge >= 0.3 is 0 Å². The van der Waals surface area contributed by atoms with Crippen LogP contribution in [0.25, 0.3) is 0 Å². The number of fused-ring (bicyclic) bond motifs is 1. The SMILES string of the molecule is CCn1cc(CN2CCCN(C(=O)c3oc4c(c3C)C(=O)CC(C)(C)C4)CC2)cn1. The molecule has 0 unspecified atom stereocenters. The molecule has 1 saturated heterocycles. The van der Waals surface area contributed by atoms with E-state index in [0.29, 0.717) is 48.6 Å². The summed E-state index contributed by atoms with van der Waals surface area (Å²) in [5.74, 6) is 1.04. The number of furan rings is 1. The zero-order valence-corrected chi connectivity index (χ0v) is 18.5. The van der Waals surface area contributed by atoms with E-state index >= 15 is 0 Å². The minimum absolute atomic E-state index is 0.0897. The lowest BCUT2D eigenvalue weighted by atomic mass is 9.76. The minimum atomic E-state index is -0.122. The molecule has 0 bridgehead atoms. The summed E-state index contributed by atoms with van der Waals surface area (Å²) in [7, 11) is 0. The van der Waals surface area contributed by atoms with Gasteiger partial charge in [-0.2, -0.15) is 5.10 Å². The van der Waals surface area contributed by atoms with Crippen LogP contribution in [0.4, 0.5) is 0 Å². The second kappa shape index (κ2) is 8.02. The molecule has 1 aliphatic carbocycles. The average molecular weight is 413 g/mol. The average Bonchev–Trinajstić information content (AvgIpc) is 3.17. The van der Waals surface area contributed by atoms with E-state index < -0.39 is 0 Å². The molecule has 0 saturated carbocycles. The van der Waals surface area contributed by atoms with E-state index in [0.717, 1.165) is 32.6 Å². The lowest BCUT2D eigenvalue weighted by molar-refractivity contribution is 0.0722. The fraction of sp³-hybridized carbons (Fsp3) is 0.609. The van der Waals surface area contributed by atoms with Crippen molar-refractivity contribution in [2.24, 2.45) is 5.41 Å². The van der Waals surface area contributed by atoms with Gasteiger partial charge in [-0.15, -0.1) is 0 Å². The number of rotatable bonds is 4. The maximum Gasteiger partial charge on any atom is 0.289 e. The zero-order chi connectivity index (χ0) is 21.5. The number of ketones is 1. The van der Waals surface area contributed by atoms with Gasteiger partial charge in [0.25, 0.3) is 5.91 Å². The second-order valence-electron chi connectivity index (χ2n) is 9.42. The van der Waals surface area contributed by atoms with Gasteiger partial charge in [0.2, 0.25) is 0 Å². The van der Waals surface area contributed by atoms with Gasteiger partial charge < -0.3 is 9.32 Å². The predicted octanol–water partition coefficient (Wildman–Crippen LogP) is 3.31. The van der Waals surface area contributed by atoms with Gasteiger partial charge in [-0.05, 0) is 25.7 Å². The molecular weight excluding hydrogens is 380 g/mol. The third-order valence-electron chi connectivity index (χ3n) is 6.26. The Balaban J connectivity index is 1.45. The summed E-state index contributed by atoms with van der Waals surface area (Å²) in [6, 6.07) is 0. The lowest BCUT2D eigenvalue weighted by Crippen LogP contribution is -2.35. The first-order chi connectivity index (χ1) is 14.3. The highest BCUT2D eigenvalue weighted by Gasteiger charge is 2.37. The Morgan fingerprint density at radius 1 is 1.20 bits per heavy atom. The molecule has 0 spiro atoms. The molecule has 0 atom stereocenters. The van der Waals surface area contributed by atoms with Crippen LogP contribution in [0.1, 0.15) is 71.4 Å². The Hall–Kier alpha value is -2.41. The number of amides is 1. The van der Waals surface area contributed by atoms with E-state index in [1.165, 1.54) is 5.56 Å². The summed E-state index contributed by atoms with van der Waals surface area (Å²) >= 11 is 0. The summed E-state index contributed by atoms with van der Waals surface area (Å²) in [5.41, 5.74) is 2.43. The van der Waals surface area contributed by atoms with Crippen molar-refractivity contribution in [3.05, 3.63) is 40.6 Å². The standard InChI is InChI=1S/C23H32N4O3/c1-5-27-15-17(13-24-27)14-25-7-6-8-26(10-9-25)22(29)21-16(2)20-18(28)11-23(3,4)12-19(20)30-21/h13,15H,5-12,14H2,1-4H3. The number of aromatic nitrogens is 2. The highest BCUT2D eigenvalue weighted by molar-refractivity contribution is 6.03. The van der Waals surface area contributed by atoms with Crippen LogP contribution in [0.15, 0.2) is 16.8 Å². The molecule has 162 valence electrons. The van der Waals surface area contributed by atoms with Crippen molar-refractivity contribution in [2.45, 2.75) is 60.0 Å². The predicted molar refractivity (Wildman–Crippen MR) is 114 cm³/mol. The van der Waals surface area contributed by atoms with Gasteiger partial charge in [0.15, 0.2) is 11.5 Å². The van der Waals surface area contributed by atoms with Gasteiger partial charge in [-0.3, -0.25) is 19.2 Å². The van der Waals surface area contributed by atoms with Crippen LogP contribution >= 0.6 is 0 Å². The Morgan fingerprint density at radius 2 is 2.00 bits per heavy atom. The minimum Gasteiger partial charge on any atom is -0.455 e. The van der Waals surface area contributed by atoms with Crippen molar-refractivity contribution in [2.75, 3.05) is 26.2 Å². The molecule has 0 aromatic carbocycles. The van der Waals surface area contributed by atoms with Crippen LogP contribution in [0.2, 0.25) is 0 Å². The van der Waals surface area contributed by atoms with Crippen molar-refractivity contribution in [1.82, 2.24) is 19.6 Å². The maximum atomic E-state index is 13.3. The summed E-state index contributed by atoms with van der Waals surface area (Å²) in [4.78, 5) is 30.1. The molecule has 3 heterocycles. The molecular formula is C23H32N4O3. The zero-order valence-electron chi connectivity index (χ0n) is 18.5. The van der Waals surface area contributed by atoms with E-state index in [1.807, 2.05) is 22.7 Å². The van der Waals surface area contributed by atoms with Crippen LogP contribution < -0.4 is 0 Å². The highest BCUT2D eigenvalue weighted by atomic mass is 16.4. The van der Waals surface area contributed by atoms with Gasteiger partial charge in [0.05, 0.1) is 11.8 Å². The Morgan fingerprint density at radius 3 is 2.73 bits per heavy atom. The maximum absolute atomic E-state index is 13.3. The first-order valence-electron chi connectivity index (χ1n) is 11.0. The van der Waals surface area contributed by atoms with Crippen LogP contribution in [0, 0.1) is 12.3 Å². The molecule has 2 aliphatic rings. The number of aryl methyl sites for hydroxylation is 1. The molecule has 7 nitrogen and oxygen atoms in total. The molecule has 7 heteroatoms. The van der Waals surface area contributed by atoms with E-state index in [-0.39, 0.29) is 17.1 Å². The summed E-state index contributed by atoms with van der Waals surface area (Å²) in [6.07, 6.45) is 6.12. The number of Topliss-reactive ketones (excluding diaryl/α,β-unsaturated/α-hetero) is 1. The van der Waals surface area contributed by atoms with Crippen molar-refractivity contribution in [1.29, 1.82) is 0 Å². The van der Waals surface area contributed by atoms with Crippen LogP contribution in [0.5, 0.6) is 0 Å². The number of carbonyl (C=O) groups is 2. The molecule has 2 aromatic heterocycles. The van der Waals surface area contributed by atoms with Crippen LogP contribution in [-0.2, 0) is 19.5 Å². The fourth-order valence-electron chi connectivity index (χ4n) is 4.68. The van der Waals surface area contributed by atoms with E-state index in [1.54, 1.807) is 0 Å². The Kier molecular flexibility index (Phi) is 5.57. The van der Waals surface area contributed by atoms with Gasteiger partial charge in [0, 0.05) is 69.4 Å². The summed E-state index contributed by atoms with van der Waals surface area (Å²) in [6.45, 7) is 12.9. The van der Waals surface area contributed by atoms with E-state index in [2.05, 4.69) is 37.0 Å². The van der Waals surface area contributed by atoms with Gasteiger partial charge in [0.1, 0.15) is 5.76 Å². The number of hydrogen-bond donors (Lipinski definition) is 0. The lowest BCUT2D eigenvalue weighted by Gasteiger charge is -2.27. The molecule has 1 aliphatic heterocycles. The number of nitrogens with zero attached hydrogens (tertiary/aromatic N) is 4. The van der Waals surface area contributed by atoms with Crippen LogP contribution in [-0.4, -0.2) is 57.4 Å². The second-order valence-corrected chi connectivity index (χ2v) is 9.42. The number of hydrogen-bond acceptors (Lipinski definition) is 5. The largest absolute Gasteiger partial charge is 0.455 e. The van der Waals surface area contributed by atoms with Crippen LogP contribution in [0.3, 0.4) is 0 Å². The third-order valence-corrected chi connectivity index (χ3v) is 6.26. The molecule has 1 fully saturated rings. The summed E-state index contributed by atoms with van der Waals surface area (Å²) < 4.78 is 7.94. The molecule has 1 amide bonds. The van der Waals surface area contributed by atoms with Crippen molar-refractivity contribution in [3.63, 3.8) is 0 Å². The van der Waals surface area contributed by atoms with Crippen molar-refractivity contribution in [3.8, 4) is 0 Å². The fourth-order valence-corrected chi connectivity index (χ4v) is 4.68. The monoisotopic (exact) mass is 412 g/mol. The van der Waals surface area contributed by atoms with Gasteiger partial charge in [-0.25, -0.2) is 0 Å². The molecule has 0 N–H and O–H groups in total. The highest BCUT2D eigenvalue weighted by Crippen LogP contribution is 2.38. The normalized spacial score (nSPS) is 19.6. The topological polar surface area (TPSA) is 71.6 Å². The van der Waals surface area contributed by atoms with Crippen molar-refractivity contribution < 1.29 is 14.0 Å². The van der Waals surface area contributed by atoms with Crippen molar-refractivity contribution >= 4 is 11.7 Å². The number of carbonyl (C=O) groups excluding carboxylic acids is 2. The Labute approximate surface area is 178 Å². The third kappa shape index (κ3) is 4.08. The first kappa shape index (κ1) is 20.8. The first-order valence-corrected chi connectivity index (χ1v) is 11.0. The quantitative estimate of drug-likeness (QED) is 0.770. The van der Waals surface area contributed by atoms with E-state index in [4.69, 9.17) is 4.42 Å². The molecule has 30 heavy (non-hydrogen) atoms. The summed E-state index contributed by atoms with van der Waals surface area (Å²) in [5, 5.41) is 4.35. The molecule has 4 rings (SSSR count).